The van der Waals surface area contributed by atoms with Gasteiger partial charge in [0.2, 0.25) is 0 Å². The van der Waals surface area contributed by atoms with Gasteiger partial charge in [-0.25, -0.2) is 14.1 Å². The van der Waals surface area contributed by atoms with Crippen molar-refractivity contribution in [1.82, 2.24) is 34.5 Å². The molecule has 0 unspecified atom stereocenters. The average Bonchev–Trinajstić information content (AvgIpc) is 3.36. The minimum absolute atomic E-state index is 0.114. The van der Waals surface area contributed by atoms with E-state index in [4.69, 9.17) is 21.3 Å². The van der Waals surface area contributed by atoms with E-state index >= 15 is 4.39 Å². The van der Waals surface area contributed by atoms with Gasteiger partial charge in [0, 0.05) is 49.8 Å². The number of aromatic nitrogens is 7. The maximum atomic E-state index is 15.3. The van der Waals surface area contributed by atoms with Crippen LogP contribution in [0.1, 0.15) is 30.3 Å². The van der Waals surface area contributed by atoms with Crippen LogP contribution in [0, 0.1) is 18.7 Å². The highest BCUT2D eigenvalue weighted by Gasteiger charge is 2.33. The molecule has 6 heterocycles. The highest BCUT2D eigenvalue weighted by Crippen LogP contribution is 2.41. The number of rotatable bonds is 4. The Morgan fingerprint density at radius 3 is 2.69 bits per heavy atom. The van der Waals surface area contributed by atoms with E-state index in [-0.39, 0.29) is 17.8 Å². The third-order valence-electron chi connectivity index (χ3n) is 6.82. The Balaban J connectivity index is 1.69. The lowest BCUT2D eigenvalue weighted by atomic mass is 9.88. The third kappa shape index (κ3) is 3.66. The molecule has 0 spiro atoms. The number of ether oxygens (including phenoxy) is 1. The molecular weight excluding hydrogens is 469 g/mol. The summed E-state index contributed by atoms with van der Waals surface area (Å²) in [6.07, 6.45) is 6.77. The molecule has 6 rings (SSSR count). The highest BCUT2D eigenvalue weighted by molar-refractivity contribution is 6.30. The number of fused-ring (bicyclic) bond motifs is 3. The first-order valence-corrected chi connectivity index (χ1v) is 11.9. The van der Waals surface area contributed by atoms with Crippen molar-refractivity contribution >= 4 is 33.5 Å². The Hall–Kier alpha value is -3.43. The van der Waals surface area contributed by atoms with E-state index in [1.54, 1.807) is 23.1 Å². The largest absolute Gasteiger partial charge is 0.381 e. The summed E-state index contributed by atoms with van der Waals surface area (Å²) in [6, 6.07) is 6.59. The van der Waals surface area contributed by atoms with E-state index in [1.165, 1.54) is 6.07 Å². The molecule has 1 saturated heterocycles. The van der Waals surface area contributed by atoms with Crippen LogP contribution >= 0.6 is 11.6 Å². The van der Waals surface area contributed by atoms with Crippen molar-refractivity contribution in [2.45, 2.75) is 25.8 Å². The zero-order chi connectivity index (χ0) is 24.1. The van der Waals surface area contributed by atoms with Crippen LogP contribution in [-0.2, 0) is 11.8 Å². The molecule has 0 radical (unpaired) electrons. The number of nitrogens with zero attached hydrogens (tertiary/aromatic N) is 7. The molecule has 1 aliphatic rings. The normalized spacial score (nSPS) is 15.8. The maximum Gasteiger partial charge on any atom is 0.146 e. The van der Waals surface area contributed by atoms with Gasteiger partial charge in [0.05, 0.1) is 39.7 Å². The second kappa shape index (κ2) is 8.66. The Morgan fingerprint density at radius 1 is 1.11 bits per heavy atom. The summed E-state index contributed by atoms with van der Waals surface area (Å²) >= 11 is 6.37. The fourth-order valence-electron chi connectivity index (χ4n) is 5.26. The first-order valence-electron chi connectivity index (χ1n) is 11.5. The van der Waals surface area contributed by atoms with Crippen LogP contribution in [-0.4, -0.2) is 47.7 Å². The summed E-state index contributed by atoms with van der Waals surface area (Å²) < 4.78 is 24.8. The predicted molar refractivity (Wildman–Crippen MR) is 131 cm³/mol. The number of hydrogen-bond donors (Lipinski definition) is 0. The van der Waals surface area contributed by atoms with Crippen LogP contribution in [0.4, 0.5) is 4.39 Å². The molecule has 1 fully saturated rings. The summed E-state index contributed by atoms with van der Waals surface area (Å²) in [6.45, 7) is 3.16. The molecular formula is C25H23ClFN7O. The first-order chi connectivity index (χ1) is 17.0. The monoisotopic (exact) mass is 491 g/mol. The fourth-order valence-corrected chi connectivity index (χ4v) is 5.42. The van der Waals surface area contributed by atoms with E-state index < -0.39 is 0 Å². The van der Waals surface area contributed by atoms with Gasteiger partial charge in [0.15, 0.2) is 0 Å². The molecule has 5 aromatic rings. The summed E-state index contributed by atoms with van der Waals surface area (Å²) in [5.41, 5.74) is 5.41. The second-order valence-corrected chi connectivity index (χ2v) is 9.29. The van der Waals surface area contributed by atoms with Crippen LogP contribution in [0.15, 0.2) is 42.9 Å². The molecule has 8 nitrogen and oxygen atoms in total. The van der Waals surface area contributed by atoms with Crippen LogP contribution in [0.5, 0.6) is 0 Å². The standard InChI is InChI=1S/C25H23ClFN7O/c1-14-24(33(2)32-31-14)16-10-20-22(30-12-16)17-13-29-21(26)11-19(17)34(20)25(15-5-8-35-9-6-15)23-18(27)4-3-7-28-23/h3-4,7,10-13,15,25H,5-6,8-9H2,1-2H3/t25-/m0/s1. The summed E-state index contributed by atoms with van der Waals surface area (Å²) in [5, 5.41) is 9.56. The van der Waals surface area contributed by atoms with E-state index in [1.807, 2.05) is 26.2 Å². The Kier molecular flexibility index (Phi) is 5.46. The van der Waals surface area contributed by atoms with E-state index in [0.29, 0.717) is 24.1 Å². The van der Waals surface area contributed by atoms with Gasteiger partial charge in [0.1, 0.15) is 11.0 Å². The summed E-state index contributed by atoms with van der Waals surface area (Å²) in [5.74, 6) is -0.224. The summed E-state index contributed by atoms with van der Waals surface area (Å²) in [7, 11) is 1.85. The van der Waals surface area contributed by atoms with Gasteiger partial charge in [0.25, 0.3) is 0 Å². The molecule has 178 valence electrons. The lowest BCUT2D eigenvalue weighted by Crippen LogP contribution is -2.28. The van der Waals surface area contributed by atoms with Gasteiger partial charge in [-0.05, 0) is 49.9 Å². The van der Waals surface area contributed by atoms with Gasteiger partial charge in [-0.3, -0.25) is 9.97 Å². The Morgan fingerprint density at radius 2 is 1.94 bits per heavy atom. The predicted octanol–water partition coefficient (Wildman–Crippen LogP) is 4.89. The SMILES string of the molecule is Cc1nnn(C)c1-c1cnc2c3cnc(Cl)cc3n([C@H](c3ncccc3F)C3CCOCC3)c2c1. The van der Waals surface area contributed by atoms with Crippen molar-refractivity contribution in [3.8, 4) is 11.3 Å². The second-order valence-electron chi connectivity index (χ2n) is 8.90. The van der Waals surface area contributed by atoms with Crippen LogP contribution in [0.3, 0.4) is 0 Å². The quantitative estimate of drug-likeness (QED) is 0.333. The van der Waals surface area contributed by atoms with Gasteiger partial charge >= 0.3 is 0 Å². The number of hydrogen-bond acceptors (Lipinski definition) is 6. The smallest absolute Gasteiger partial charge is 0.146 e. The van der Waals surface area contributed by atoms with Crippen molar-refractivity contribution in [2.24, 2.45) is 13.0 Å². The molecule has 1 atom stereocenters. The highest BCUT2D eigenvalue weighted by atomic mass is 35.5. The molecule has 0 N–H and O–H groups in total. The molecule has 5 aromatic heterocycles. The van der Waals surface area contributed by atoms with Crippen molar-refractivity contribution in [3.63, 3.8) is 0 Å². The van der Waals surface area contributed by atoms with E-state index in [2.05, 4.69) is 30.9 Å². The minimum atomic E-state index is -0.374. The number of aryl methyl sites for hydroxylation is 2. The molecule has 1 aliphatic heterocycles. The molecule has 0 bridgehead atoms. The molecule has 0 amide bonds. The van der Waals surface area contributed by atoms with Crippen molar-refractivity contribution in [2.75, 3.05) is 13.2 Å². The number of halogens is 2. The lowest BCUT2D eigenvalue weighted by molar-refractivity contribution is 0.0543. The Labute approximate surface area is 205 Å². The van der Waals surface area contributed by atoms with E-state index in [0.717, 1.165) is 51.7 Å². The van der Waals surface area contributed by atoms with Crippen molar-refractivity contribution in [3.05, 3.63) is 65.2 Å². The maximum absolute atomic E-state index is 15.3. The first kappa shape index (κ1) is 22.1. The Bertz CT molecular complexity index is 1540. The average molecular weight is 492 g/mol. The van der Waals surface area contributed by atoms with Gasteiger partial charge in [-0.15, -0.1) is 5.10 Å². The molecule has 0 aromatic carbocycles. The van der Waals surface area contributed by atoms with Crippen molar-refractivity contribution in [1.29, 1.82) is 0 Å². The van der Waals surface area contributed by atoms with Crippen molar-refractivity contribution < 1.29 is 9.13 Å². The van der Waals surface area contributed by atoms with Gasteiger partial charge in [-0.2, -0.15) is 0 Å². The lowest BCUT2D eigenvalue weighted by Gasteiger charge is -2.32. The zero-order valence-corrected chi connectivity index (χ0v) is 20.1. The van der Waals surface area contributed by atoms with Crippen LogP contribution < -0.4 is 0 Å². The van der Waals surface area contributed by atoms with Crippen LogP contribution in [0.2, 0.25) is 5.15 Å². The minimum Gasteiger partial charge on any atom is -0.381 e. The van der Waals surface area contributed by atoms with E-state index in [9.17, 15) is 0 Å². The third-order valence-corrected chi connectivity index (χ3v) is 7.02. The molecule has 10 heteroatoms. The molecule has 35 heavy (non-hydrogen) atoms. The van der Waals surface area contributed by atoms with Gasteiger partial charge in [-0.1, -0.05) is 16.8 Å². The summed E-state index contributed by atoms with van der Waals surface area (Å²) in [4.78, 5) is 13.7. The van der Waals surface area contributed by atoms with Crippen LogP contribution in [0.25, 0.3) is 33.2 Å². The molecule has 0 saturated carbocycles. The van der Waals surface area contributed by atoms with Gasteiger partial charge < -0.3 is 9.30 Å². The number of pyridine rings is 3. The zero-order valence-electron chi connectivity index (χ0n) is 19.3. The fraction of sp³-hybridized carbons (Fsp3) is 0.320. The molecule has 0 aliphatic carbocycles. The topological polar surface area (TPSA) is 83.5 Å².